The lowest BCUT2D eigenvalue weighted by Gasteiger charge is -2.30. The molecule has 0 unspecified atom stereocenters. The molecule has 38 heavy (non-hydrogen) atoms. The van der Waals surface area contributed by atoms with E-state index in [1.54, 1.807) is 27.0 Å². The molecule has 1 aromatic heterocycles. The number of sulfonamides is 2. The molecule has 12 heteroatoms. The smallest absolute Gasteiger partial charge is 0.264 e. The van der Waals surface area contributed by atoms with E-state index in [4.69, 9.17) is 0 Å². The number of anilines is 2. The maximum Gasteiger partial charge on any atom is 0.264 e. The number of hydrogen-bond acceptors (Lipinski definition) is 7. The van der Waals surface area contributed by atoms with E-state index in [1.807, 2.05) is 0 Å². The van der Waals surface area contributed by atoms with Crippen molar-refractivity contribution in [1.29, 1.82) is 0 Å². The molecule has 10 nitrogen and oxygen atoms in total. The molecule has 1 fully saturated rings. The first-order valence-electron chi connectivity index (χ1n) is 12.3. The molecule has 1 aliphatic rings. The Labute approximate surface area is 223 Å². The normalized spacial score (nSPS) is 14.8. The first-order chi connectivity index (χ1) is 18.0. The number of carbonyl (C=O) groups is 1. The molecular formula is C26H31N5O5S2. The van der Waals surface area contributed by atoms with Gasteiger partial charge in [-0.3, -0.25) is 4.79 Å². The van der Waals surface area contributed by atoms with Gasteiger partial charge in [0, 0.05) is 35.7 Å². The molecule has 1 saturated carbocycles. The van der Waals surface area contributed by atoms with E-state index in [1.165, 1.54) is 52.8 Å². The van der Waals surface area contributed by atoms with E-state index in [0.29, 0.717) is 17.1 Å². The van der Waals surface area contributed by atoms with Gasteiger partial charge in [0.05, 0.1) is 9.79 Å². The van der Waals surface area contributed by atoms with Crippen LogP contribution in [0.2, 0.25) is 0 Å². The molecule has 3 aromatic rings. The highest BCUT2D eigenvalue weighted by atomic mass is 32.2. The predicted octanol–water partition coefficient (Wildman–Crippen LogP) is 4.10. The van der Waals surface area contributed by atoms with Crippen molar-refractivity contribution in [3.63, 3.8) is 0 Å². The Morgan fingerprint density at radius 1 is 0.842 bits per heavy atom. The highest BCUT2D eigenvalue weighted by Gasteiger charge is 2.29. The lowest BCUT2D eigenvalue weighted by molar-refractivity contribution is 0.102. The highest BCUT2D eigenvalue weighted by Crippen LogP contribution is 2.27. The number of amides is 1. The highest BCUT2D eigenvalue weighted by molar-refractivity contribution is 7.92. The van der Waals surface area contributed by atoms with Gasteiger partial charge in [-0.2, -0.15) is 4.31 Å². The largest absolute Gasteiger partial charge is 0.322 e. The van der Waals surface area contributed by atoms with Crippen LogP contribution in [0, 0.1) is 13.8 Å². The zero-order valence-electron chi connectivity index (χ0n) is 21.5. The number of carbonyl (C=O) groups excluding carboxylic acids is 1. The monoisotopic (exact) mass is 557 g/mol. The number of aryl methyl sites for hydroxylation is 2. The summed E-state index contributed by atoms with van der Waals surface area (Å²) in [6.07, 6.45) is 4.88. The zero-order valence-corrected chi connectivity index (χ0v) is 23.1. The lowest BCUT2D eigenvalue weighted by atomic mass is 9.96. The number of rotatable bonds is 8. The van der Waals surface area contributed by atoms with E-state index in [2.05, 4.69) is 20.0 Å². The molecular weight excluding hydrogens is 526 g/mol. The van der Waals surface area contributed by atoms with Crippen molar-refractivity contribution < 1.29 is 21.6 Å². The van der Waals surface area contributed by atoms with Crippen LogP contribution in [0.4, 0.5) is 11.6 Å². The molecule has 1 heterocycles. The first-order valence-corrected chi connectivity index (χ1v) is 15.2. The van der Waals surface area contributed by atoms with Crippen LogP contribution in [0.1, 0.15) is 53.8 Å². The predicted molar refractivity (Wildman–Crippen MR) is 145 cm³/mol. The van der Waals surface area contributed by atoms with Gasteiger partial charge in [0.15, 0.2) is 0 Å². The standard InChI is InChI=1S/C26H31N5O5S2/c1-18-17-19(2)28-26(27-18)30-37(33,34)23-15-11-21(12-16-23)29-25(32)20-9-13-24(14-10-20)38(35,36)31(3)22-7-5-4-6-8-22/h9-17,22H,4-8H2,1-3H3,(H,29,32)(H,27,28,30). The van der Waals surface area contributed by atoms with Crippen molar-refractivity contribution in [2.24, 2.45) is 0 Å². The maximum absolute atomic E-state index is 13.0. The number of benzene rings is 2. The molecule has 0 radical (unpaired) electrons. The van der Waals surface area contributed by atoms with Crippen LogP contribution in [0.3, 0.4) is 0 Å². The molecule has 1 amide bonds. The molecule has 2 N–H and O–H groups in total. The topological polar surface area (TPSA) is 138 Å². The Morgan fingerprint density at radius 3 is 1.97 bits per heavy atom. The average molecular weight is 558 g/mol. The van der Waals surface area contributed by atoms with E-state index < -0.39 is 26.0 Å². The van der Waals surface area contributed by atoms with Crippen LogP contribution < -0.4 is 10.0 Å². The molecule has 0 spiro atoms. The summed E-state index contributed by atoms with van der Waals surface area (Å²) in [5.41, 5.74) is 1.92. The number of nitrogens with one attached hydrogen (secondary N) is 2. The van der Waals surface area contributed by atoms with Gasteiger partial charge in [-0.15, -0.1) is 0 Å². The van der Waals surface area contributed by atoms with Gasteiger partial charge < -0.3 is 5.32 Å². The van der Waals surface area contributed by atoms with Gasteiger partial charge in [0.1, 0.15) is 0 Å². The van der Waals surface area contributed by atoms with Gasteiger partial charge in [0.25, 0.3) is 15.9 Å². The van der Waals surface area contributed by atoms with Crippen LogP contribution >= 0.6 is 0 Å². The SMILES string of the molecule is Cc1cc(C)nc(NS(=O)(=O)c2ccc(NC(=O)c3ccc(S(=O)(=O)N(C)C4CCCCC4)cc3)cc2)n1. The van der Waals surface area contributed by atoms with Gasteiger partial charge in [-0.05, 0) is 81.3 Å². The lowest BCUT2D eigenvalue weighted by Crippen LogP contribution is -2.38. The minimum Gasteiger partial charge on any atom is -0.322 e. The van der Waals surface area contributed by atoms with Crippen molar-refractivity contribution in [2.45, 2.75) is 61.8 Å². The van der Waals surface area contributed by atoms with Crippen molar-refractivity contribution in [2.75, 3.05) is 17.1 Å². The third kappa shape index (κ3) is 6.37. The second kappa shape index (κ2) is 11.2. The number of hydrogen-bond donors (Lipinski definition) is 2. The zero-order chi connectivity index (χ0) is 27.5. The molecule has 4 rings (SSSR count). The fraction of sp³-hybridized carbons (Fsp3) is 0.346. The quantitative estimate of drug-likeness (QED) is 0.425. The van der Waals surface area contributed by atoms with Crippen LogP contribution in [0.25, 0.3) is 0 Å². The van der Waals surface area contributed by atoms with E-state index >= 15 is 0 Å². The Kier molecular flexibility index (Phi) is 8.14. The molecule has 202 valence electrons. The molecule has 2 aromatic carbocycles. The number of nitrogens with zero attached hydrogens (tertiary/aromatic N) is 3. The minimum atomic E-state index is -3.93. The molecule has 1 aliphatic carbocycles. The van der Waals surface area contributed by atoms with Crippen molar-refractivity contribution in [3.8, 4) is 0 Å². The van der Waals surface area contributed by atoms with Gasteiger partial charge >= 0.3 is 0 Å². The van der Waals surface area contributed by atoms with Crippen LogP contribution in [-0.4, -0.2) is 50.1 Å². The fourth-order valence-electron chi connectivity index (χ4n) is 4.46. The first kappa shape index (κ1) is 27.7. The Bertz CT molecular complexity index is 1500. The van der Waals surface area contributed by atoms with E-state index in [9.17, 15) is 21.6 Å². The second-order valence-corrected chi connectivity index (χ2v) is 13.1. The number of aromatic nitrogens is 2. The third-order valence-corrected chi connectivity index (χ3v) is 9.78. The second-order valence-electron chi connectivity index (χ2n) is 9.40. The summed E-state index contributed by atoms with van der Waals surface area (Å²) in [6, 6.07) is 13.2. The summed E-state index contributed by atoms with van der Waals surface area (Å²) in [5.74, 6) is -0.470. The summed E-state index contributed by atoms with van der Waals surface area (Å²) in [6.45, 7) is 3.48. The maximum atomic E-state index is 13.0. The Hall–Kier alpha value is -3.35. The summed E-state index contributed by atoms with van der Waals surface area (Å²) >= 11 is 0. The summed E-state index contributed by atoms with van der Waals surface area (Å²) < 4.78 is 55.3. The van der Waals surface area contributed by atoms with Crippen LogP contribution in [-0.2, 0) is 20.0 Å². The van der Waals surface area contributed by atoms with Crippen LogP contribution in [0.15, 0.2) is 64.4 Å². The summed E-state index contributed by atoms with van der Waals surface area (Å²) in [5, 5.41) is 2.70. The van der Waals surface area contributed by atoms with E-state index in [-0.39, 0.29) is 27.3 Å². The van der Waals surface area contributed by atoms with Crippen molar-refractivity contribution in [1.82, 2.24) is 14.3 Å². The molecule has 0 aliphatic heterocycles. The third-order valence-electron chi connectivity index (χ3n) is 6.51. The summed E-state index contributed by atoms with van der Waals surface area (Å²) in [4.78, 5) is 21.0. The Morgan fingerprint density at radius 2 is 1.39 bits per heavy atom. The Balaban J connectivity index is 1.41. The van der Waals surface area contributed by atoms with Crippen molar-refractivity contribution >= 4 is 37.6 Å². The molecule has 0 bridgehead atoms. The van der Waals surface area contributed by atoms with Gasteiger partial charge in [-0.25, -0.2) is 31.5 Å². The van der Waals surface area contributed by atoms with Gasteiger partial charge in [0.2, 0.25) is 16.0 Å². The van der Waals surface area contributed by atoms with Gasteiger partial charge in [-0.1, -0.05) is 19.3 Å². The van der Waals surface area contributed by atoms with Crippen molar-refractivity contribution in [3.05, 3.63) is 71.5 Å². The minimum absolute atomic E-state index is 0.00726. The van der Waals surface area contributed by atoms with E-state index in [0.717, 1.165) is 32.1 Å². The summed E-state index contributed by atoms with van der Waals surface area (Å²) in [7, 11) is -5.97. The molecule has 0 saturated heterocycles. The fourth-order valence-corrected chi connectivity index (χ4v) is 6.82. The average Bonchev–Trinajstić information content (AvgIpc) is 2.88. The van der Waals surface area contributed by atoms with Crippen LogP contribution in [0.5, 0.6) is 0 Å². The molecule has 0 atom stereocenters.